The van der Waals surface area contributed by atoms with E-state index >= 15 is 0 Å². The lowest BCUT2D eigenvalue weighted by Gasteiger charge is -2.26. The fourth-order valence-corrected chi connectivity index (χ4v) is 2.31. The average Bonchev–Trinajstić information content (AvgIpc) is 2.40. The zero-order chi connectivity index (χ0) is 13.0. The van der Waals surface area contributed by atoms with Crippen LogP contribution in [0.3, 0.4) is 0 Å². The number of amides is 2. The summed E-state index contributed by atoms with van der Waals surface area (Å²) in [5.74, 6) is 0.208. The number of phenols is 1. The zero-order valence-corrected chi connectivity index (χ0v) is 10.7. The Balaban J connectivity index is 1.93. The van der Waals surface area contributed by atoms with Crippen LogP contribution in [0.5, 0.6) is 5.75 Å². The van der Waals surface area contributed by atoms with Crippen LogP contribution in [0.1, 0.15) is 32.1 Å². The Labute approximate surface area is 108 Å². The van der Waals surface area contributed by atoms with Crippen molar-refractivity contribution in [1.82, 2.24) is 5.32 Å². The van der Waals surface area contributed by atoms with Crippen LogP contribution in [-0.4, -0.2) is 24.2 Å². The number of nitrogens with one attached hydrogen (secondary N) is 1. The zero-order valence-electron chi connectivity index (χ0n) is 10.7. The van der Waals surface area contributed by atoms with Crippen LogP contribution in [0.2, 0.25) is 0 Å². The van der Waals surface area contributed by atoms with Crippen molar-refractivity contribution in [1.29, 1.82) is 0 Å². The number of hydrogen-bond donors (Lipinski definition) is 2. The number of hydrogen-bond acceptors (Lipinski definition) is 2. The molecule has 4 nitrogen and oxygen atoms in total. The molecule has 18 heavy (non-hydrogen) atoms. The van der Waals surface area contributed by atoms with Crippen molar-refractivity contribution in [3.05, 3.63) is 24.3 Å². The minimum atomic E-state index is -0.0763. The normalized spacial score (nSPS) is 16.3. The molecule has 0 atom stereocenters. The first-order valence-corrected chi connectivity index (χ1v) is 6.50. The molecule has 0 bridgehead atoms. The number of carbonyl (C=O) groups is 1. The molecule has 0 unspecified atom stereocenters. The van der Waals surface area contributed by atoms with E-state index in [1.165, 1.54) is 19.3 Å². The largest absolute Gasteiger partial charge is 0.508 e. The summed E-state index contributed by atoms with van der Waals surface area (Å²) in [7, 11) is 1.74. The Bertz CT molecular complexity index is 397. The summed E-state index contributed by atoms with van der Waals surface area (Å²) in [5, 5.41) is 12.3. The van der Waals surface area contributed by atoms with Gasteiger partial charge in [-0.25, -0.2) is 4.79 Å². The van der Waals surface area contributed by atoms with Crippen LogP contribution in [0.15, 0.2) is 24.3 Å². The molecule has 2 amide bonds. The Kier molecular flexibility index (Phi) is 4.07. The van der Waals surface area contributed by atoms with Crippen molar-refractivity contribution in [2.24, 2.45) is 0 Å². The molecule has 1 fully saturated rings. The molecule has 0 aromatic heterocycles. The second-order valence-electron chi connectivity index (χ2n) is 4.86. The van der Waals surface area contributed by atoms with Gasteiger partial charge in [0, 0.05) is 18.8 Å². The van der Waals surface area contributed by atoms with Crippen molar-refractivity contribution in [3.8, 4) is 5.75 Å². The smallest absolute Gasteiger partial charge is 0.321 e. The summed E-state index contributed by atoms with van der Waals surface area (Å²) in [6.07, 6.45) is 5.84. The molecule has 0 radical (unpaired) electrons. The van der Waals surface area contributed by atoms with Crippen molar-refractivity contribution >= 4 is 11.7 Å². The van der Waals surface area contributed by atoms with Gasteiger partial charge in [-0.15, -0.1) is 0 Å². The van der Waals surface area contributed by atoms with Gasteiger partial charge in [0.15, 0.2) is 0 Å². The van der Waals surface area contributed by atoms with Gasteiger partial charge in [-0.05, 0) is 37.1 Å². The van der Waals surface area contributed by atoms with E-state index in [2.05, 4.69) is 5.32 Å². The molecule has 1 aliphatic rings. The lowest BCUT2D eigenvalue weighted by Crippen LogP contribution is -2.43. The van der Waals surface area contributed by atoms with Gasteiger partial charge < -0.3 is 10.4 Å². The monoisotopic (exact) mass is 248 g/mol. The minimum Gasteiger partial charge on any atom is -0.508 e. The highest BCUT2D eigenvalue weighted by Crippen LogP contribution is 2.20. The van der Waals surface area contributed by atoms with Gasteiger partial charge in [0.05, 0.1) is 0 Å². The standard InChI is InChI=1S/C14H20N2O2/c1-16(12-7-9-13(17)10-8-12)14(18)15-11-5-3-2-4-6-11/h7-11,17H,2-6H2,1H3,(H,15,18). The Hall–Kier alpha value is -1.71. The van der Waals surface area contributed by atoms with Gasteiger partial charge in [0.2, 0.25) is 0 Å². The summed E-state index contributed by atoms with van der Waals surface area (Å²) in [6, 6.07) is 6.86. The Morgan fingerprint density at radius 3 is 2.44 bits per heavy atom. The number of phenolic OH excluding ortho intramolecular Hbond substituents is 1. The third-order valence-electron chi connectivity index (χ3n) is 3.47. The summed E-state index contributed by atoms with van der Waals surface area (Å²) in [6.45, 7) is 0. The highest BCUT2D eigenvalue weighted by molar-refractivity contribution is 5.91. The predicted molar refractivity (Wildman–Crippen MR) is 71.9 cm³/mol. The van der Waals surface area contributed by atoms with E-state index in [0.717, 1.165) is 18.5 Å². The van der Waals surface area contributed by atoms with Gasteiger partial charge >= 0.3 is 6.03 Å². The molecule has 1 aliphatic carbocycles. The lowest BCUT2D eigenvalue weighted by atomic mass is 9.96. The van der Waals surface area contributed by atoms with E-state index in [1.54, 1.807) is 36.2 Å². The van der Waals surface area contributed by atoms with E-state index in [9.17, 15) is 9.90 Å². The van der Waals surface area contributed by atoms with Gasteiger partial charge in [-0.3, -0.25) is 4.90 Å². The quantitative estimate of drug-likeness (QED) is 0.845. The van der Waals surface area contributed by atoms with E-state index in [0.29, 0.717) is 6.04 Å². The fourth-order valence-electron chi connectivity index (χ4n) is 2.31. The molecule has 2 N–H and O–H groups in total. The molecule has 0 aliphatic heterocycles. The fraction of sp³-hybridized carbons (Fsp3) is 0.500. The van der Waals surface area contributed by atoms with Crippen molar-refractivity contribution in [3.63, 3.8) is 0 Å². The van der Waals surface area contributed by atoms with E-state index < -0.39 is 0 Å². The maximum Gasteiger partial charge on any atom is 0.321 e. The summed E-state index contributed by atoms with van der Waals surface area (Å²) >= 11 is 0. The molecule has 1 aromatic rings. The summed E-state index contributed by atoms with van der Waals surface area (Å²) in [5.41, 5.74) is 0.779. The number of nitrogens with zero attached hydrogens (tertiary/aromatic N) is 1. The van der Waals surface area contributed by atoms with Crippen LogP contribution in [-0.2, 0) is 0 Å². The van der Waals surface area contributed by atoms with Crippen molar-refractivity contribution < 1.29 is 9.90 Å². The number of anilines is 1. The average molecular weight is 248 g/mol. The van der Waals surface area contributed by atoms with Gasteiger partial charge in [0.25, 0.3) is 0 Å². The first-order chi connectivity index (χ1) is 8.66. The summed E-state index contributed by atoms with van der Waals surface area (Å²) < 4.78 is 0. The lowest BCUT2D eigenvalue weighted by molar-refractivity contribution is 0.239. The number of urea groups is 1. The highest BCUT2D eigenvalue weighted by Gasteiger charge is 2.18. The topological polar surface area (TPSA) is 52.6 Å². The maximum absolute atomic E-state index is 12.0. The van der Waals surface area contributed by atoms with E-state index in [1.807, 2.05) is 0 Å². The van der Waals surface area contributed by atoms with Crippen LogP contribution in [0.25, 0.3) is 0 Å². The summed E-state index contributed by atoms with van der Waals surface area (Å²) in [4.78, 5) is 13.6. The van der Waals surface area contributed by atoms with Crippen LogP contribution in [0.4, 0.5) is 10.5 Å². The van der Waals surface area contributed by atoms with E-state index in [-0.39, 0.29) is 11.8 Å². The second kappa shape index (κ2) is 5.76. The third kappa shape index (κ3) is 3.15. The molecular weight excluding hydrogens is 228 g/mol. The minimum absolute atomic E-state index is 0.0763. The third-order valence-corrected chi connectivity index (χ3v) is 3.47. The molecule has 0 heterocycles. The Morgan fingerprint density at radius 1 is 1.22 bits per heavy atom. The number of aromatic hydroxyl groups is 1. The SMILES string of the molecule is CN(C(=O)NC1CCCCC1)c1ccc(O)cc1. The molecule has 1 saturated carbocycles. The second-order valence-corrected chi connectivity index (χ2v) is 4.86. The molecule has 2 rings (SSSR count). The number of rotatable bonds is 2. The number of carbonyl (C=O) groups excluding carboxylic acids is 1. The maximum atomic E-state index is 12.0. The van der Waals surface area contributed by atoms with Gasteiger partial charge in [-0.1, -0.05) is 19.3 Å². The predicted octanol–water partition coefficient (Wildman–Crippen LogP) is 2.87. The first kappa shape index (κ1) is 12.7. The molecule has 1 aromatic carbocycles. The van der Waals surface area contributed by atoms with Gasteiger partial charge in [-0.2, -0.15) is 0 Å². The first-order valence-electron chi connectivity index (χ1n) is 6.50. The van der Waals surface area contributed by atoms with Crippen LogP contribution in [0, 0.1) is 0 Å². The van der Waals surface area contributed by atoms with Gasteiger partial charge in [0.1, 0.15) is 5.75 Å². The van der Waals surface area contributed by atoms with Crippen molar-refractivity contribution in [2.75, 3.05) is 11.9 Å². The highest BCUT2D eigenvalue weighted by atomic mass is 16.3. The molecular formula is C14H20N2O2. The van der Waals surface area contributed by atoms with Crippen molar-refractivity contribution in [2.45, 2.75) is 38.1 Å². The number of benzene rings is 1. The van der Waals surface area contributed by atoms with Crippen LogP contribution >= 0.6 is 0 Å². The van der Waals surface area contributed by atoms with Crippen LogP contribution < -0.4 is 10.2 Å². The molecule has 4 heteroatoms. The Morgan fingerprint density at radius 2 is 1.83 bits per heavy atom. The molecule has 0 saturated heterocycles. The molecule has 98 valence electrons. The molecule has 0 spiro atoms. The van der Waals surface area contributed by atoms with E-state index in [4.69, 9.17) is 0 Å².